The third-order valence-electron chi connectivity index (χ3n) is 4.56. The molecule has 1 fully saturated rings. The van der Waals surface area contributed by atoms with Crippen LogP contribution in [0.2, 0.25) is 0 Å². The van der Waals surface area contributed by atoms with Gasteiger partial charge in [-0.2, -0.15) is 0 Å². The van der Waals surface area contributed by atoms with Gasteiger partial charge in [-0.3, -0.25) is 9.59 Å². The SMILES string of the molecule is COc1ccccc1N1CCNCC1CCCC(C(C)=O)C(=O)O. The molecule has 1 aromatic rings. The molecular weight excluding hydrogens is 308 g/mol. The second kappa shape index (κ2) is 8.68. The van der Waals surface area contributed by atoms with Gasteiger partial charge in [0, 0.05) is 25.7 Å². The van der Waals surface area contributed by atoms with Gasteiger partial charge in [-0.25, -0.2) is 0 Å². The highest BCUT2D eigenvalue weighted by Gasteiger charge is 2.26. The summed E-state index contributed by atoms with van der Waals surface area (Å²) in [6, 6.07) is 8.20. The van der Waals surface area contributed by atoms with Gasteiger partial charge in [-0.1, -0.05) is 18.6 Å². The van der Waals surface area contributed by atoms with Gasteiger partial charge in [0.1, 0.15) is 17.5 Å². The number of para-hydroxylation sites is 2. The lowest BCUT2D eigenvalue weighted by Gasteiger charge is -2.38. The van der Waals surface area contributed by atoms with Crippen LogP contribution >= 0.6 is 0 Å². The zero-order chi connectivity index (χ0) is 17.5. The van der Waals surface area contributed by atoms with E-state index in [1.165, 1.54) is 6.92 Å². The van der Waals surface area contributed by atoms with Gasteiger partial charge in [-0.05, 0) is 31.9 Å². The van der Waals surface area contributed by atoms with Gasteiger partial charge in [0.2, 0.25) is 0 Å². The summed E-state index contributed by atoms with van der Waals surface area (Å²) in [6.45, 7) is 3.97. The topological polar surface area (TPSA) is 78.9 Å². The maximum absolute atomic E-state index is 11.4. The fourth-order valence-electron chi connectivity index (χ4n) is 3.26. The minimum absolute atomic E-state index is 0.261. The van der Waals surface area contributed by atoms with Crippen LogP contribution in [-0.4, -0.2) is 49.6 Å². The van der Waals surface area contributed by atoms with Crippen LogP contribution in [0.5, 0.6) is 5.75 Å². The third kappa shape index (κ3) is 4.47. The lowest BCUT2D eigenvalue weighted by atomic mass is 9.95. The second-order valence-corrected chi connectivity index (χ2v) is 6.16. The minimum Gasteiger partial charge on any atom is -0.495 e. The Bertz CT molecular complexity index is 562. The molecule has 2 unspecified atom stereocenters. The fraction of sp³-hybridized carbons (Fsp3) is 0.556. The van der Waals surface area contributed by atoms with E-state index in [1.54, 1.807) is 7.11 Å². The predicted molar refractivity (Wildman–Crippen MR) is 92.7 cm³/mol. The van der Waals surface area contributed by atoms with Gasteiger partial charge < -0.3 is 20.1 Å². The molecule has 1 aliphatic heterocycles. The molecule has 0 radical (unpaired) electrons. The maximum atomic E-state index is 11.4. The van der Waals surface area contributed by atoms with Crippen molar-refractivity contribution >= 4 is 17.4 Å². The number of benzene rings is 1. The average molecular weight is 334 g/mol. The number of carbonyl (C=O) groups is 2. The minimum atomic E-state index is -1.02. The second-order valence-electron chi connectivity index (χ2n) is 6.16. The van der Waals surface area contributed by atoms with Crippen LogP contribution in [0, 0.1) is 5.92 Å². The van der Waals surface area contributed by atoms with Crippen molar-refractivity contribution in [3.63, 3.8) is 0 Å². The number of carboxylic acid groups (broad SMARTS) is 1. The molecule has 2 N–H and O–H groups in total. The van der Waals surface area contributed by atoms with Crippen LogP contribution in [-0.2, 0) is 9.59 Å². The number of rotatable bonds is 8. The molecule has 0 aliphatic carbocycles. The smallest absolute Gasteiger partial charge is 0.314 e. The van der Waals surface area contributed by atoms with E-state index >= 15 is 0 Å². The lowest BCUT2D eigenvalue weighted by Crippen LogP contribution is -2.51. The summed E-state index contributed by atoms with van der Waals surface area (Å²) in [6.07, 6.45) is 1.93. The molecule has 6 nitrogen and oxygen atoms in total. The highest BCUT2D eigenvalue weighted by atomic mass is 16.5. The Hall–Kier alpha value is -2.08. The zero-order valence-corrected chi connectivity index (χ0v) is 14.3. The van der Waals surface area contributed by atoms with Crippen molar-refractivity contribution in [1.82, 2.24) is 5.32 Å². The van der Waals surface area contributed by atoms with Gasteiger partial charge in [0.25, 0.3) is 0 Å². The standard InChI is InChI=1S/C18H26N2O4/c1-13(21)15(18(22)23)7-5-6-14-12-19-10-11-20(14)16-8-3-4-9-17(16)24-2/h3-4,8-9,14-15,19H,5-7,10-12H2,1-2H3,(H,22,23). The van der Waals surface area contributed by atoms with E-state index in [0.717, 1.165) is 37.5 Å². The Balaban J connectivity index is 2.02. The number of methoxy groups -OCH3 is 1. The molecule has 0 amide bonds. The fourth-order valence-corrected chi connectivity index (χ4v) is 3.26. The van der Waals surface area contributed by atoms with Gasteiger partial charge in [0.05, 0.1) is 12.8 Å². The lowest BCUT2D eigenvalue weighted by molar-refractivity contribution is -0.146. The van der Waals surface area contributed by atoms with Crippen molar-refractivity contribution in [2.45, 2.75) is 32.2 Å². The van der Waals surface area contributed by atoms with E-state index in [2.05, 4.69) is 10.2 Å². The first kappa shape index (κ1) is 18.3. The Morgan fingerprint density at radius 3 is 2.83 bits per heavy atom. The molecule has 1 aromatic carbocycles. The van der Waals surface area contributed by atoms with Crippen molar-refractivity contribution < 1.29 is 19.4 Å². The summed E-state index contributed by atoms with van der Waals surface area (Å²) in [5.74, 6) is -1.34. The van der Waals surface area contributed by atoms with Gasteiger partial charge >= 0.3 is 5.97 Å². The van der Waals surface area contributed by atoms with E-state index in [9.17, 15) is 9.59 Å². The van der Waals surface area contributed by atoms with Crippen LogP contribution in [0.15, 0.2) is 24.3 Å². The predicted octanol–water partition coefficient (Wildman–Crippen LogP) is 1.93. The van der Waals surface area contributed by atoms with Crippen molar-refractivity contribution in [2.75, 3.05) is 31.6 Å². The molecule has 2 atom stereocenters. The Morgan fingerprint density at radius 1 is 1.42 bits per heavy atom. The summed E-state index contributed by atoms with van der Waals surface area (Å²) in [7, 11) is 1.67. The number of hydrogen-bond acceptors (Lipinski definition) is 5. The number of aliphatic carboxylic acids is 1. The van der Waals surface area contributed by atoms with Crippen molar-refractivity contribution in [3.8, 4) is 5.75 Å². The molecule has 6 heteroatoms. The molecule has 0 spiro atoms. The Labute approximate surface area is 142 Å². The van der Waals surface area contributed by atoms with E-state index < -0.39 is 11.9 Å². The maximum Gasteiger partial charge on any atom is 0.314 e. The first-order chi connectivity index (χ1) is 11.5. The Morgan fingerprint density at radius 2 is 2.17 bits per heavy atom. The molecule has 0 aromatic heterocycles. The number of Topliss-reactive ketones (excluding diaryl/α,β-unsaturated/α-hetero) is 1. The highest BCUT2D eigenvalue weighted by Crippen LogP contribution is 2.31. The first-order valence-corrected chi connectivity index (χ1v) is 8.38. The number of anilines is 1. The van der Waals surface area contributed by atoms with E-state index in [1.807, 2.05) is 24.3 Å². The molecule has 24 heavy (non-hydrogen) atoms. The number of carbonyl (C=O) groups excluding carboxylic acids is 1. The van der Waals surface area contributed by atoms with Gasteiger partial charge in [0.15, 0.2) is 0 Å². The van der Waals surface area contributed by atoms with Crippen LogP contribution in [0.4, 0.5) is 5.69 Å². The van der Waals surface area contributed by atoms with Crippen LogP contribution in [0.25, 0.3) is 0 Å². The number of carboxylic acids is 1. The number of hydrogen-bond donors (Lipinski definition) is 2. The molecule has 1 saturated heterocycles. The molecule has 2 rings (SSSR count). The van der Waals surface area contributed by atoms with Crippen molar-refractivity contribution in [1.29, 1.82) is 0 Å². The summed E-state index contributed by atoms with van der Waals surface area (Å²) in [5, 5.41) is 12.5. The highest BCUT2D eigenvalue weighted by molar-refractivity contribution is 5.96. The molecule has 132 valence electrons. The zero-order valence-electron chi connectivity index (χ0n) is 14.3. The summed E-state index contributed by atoms with van der Waals surface area (Å²) in [4.78, 5) is 24.9. The largest absolute Gasteiger partial charge is 0.495 e. The number of ketones is 1. The first-order valence-electron chi connectivity index (χ1n) is 8.38. The Kier molecular flexibility index (Phi) is 6.61. The molecule has 0 bridgehead atoms. The molecule has 1 aliphatic rings. The van der Waals surface area contributed by atoms with Crippen LogP contribution < -0.4 is 15.0 Å². The van der Waals surface area contributed by atoms with Gasteiger partial charge in [-0.15, -0.1) is 0 Å². The normalized spacial score (nSPS) is 18.9. The van der Waals surface area contributed by atoms with E-state index in [4.69, 9.17) is 9.84 Å². The summed E-state index contributed by atoms with van der Waals surface area (Å²) in [5.41, 5.74) is 1.06. The average Bonchev–Trinajstić information content (AvgIpc) is 2.58. The van der Waals surface area contributed by atoms with E-state index in [0.29, 0.717) is 12.8 Å². The quantitative estimate of drug-likeness (QED) is 0.707. The number of nitrogens with zero attached hydrogens (tertiary/aromatic N) is 1. The molecule has 0 saturated carbocycles. The molecule has 1 heterocycles. The summed E-state index contributed by atoms with van der Waals surface area (Å²) < 4.78 is 5.47. The van der Waals surface area contributed by atoms with Crippen molar-refractivity contribution in [2.24, 2.45) is 5.92 Å². The number of nitrogens with one attached hydrogen (secondary N) is 1. The van der Waals surface area contributed by atoms with Crippen molar-refractivity contribution in [3.05, 3.63) is 24.3 Å². The number of ether oxygens (including phenoxy) is 1. The number of piperazine rings is 1. The summed E-state index contributed by atoms with van der Waals surface area (Å²) >= 11 is 0. The monoisotopic (exact) mass is 334 g/mol. The van der Waals surface area contributed by atoms with Crippen LogP contribution in [0.3, 0.4) is 0 Å². The molecular formula is C18H26N2O4. The van der Waals surface area contributed by atoms with Crippen LogP contribution in [0.1, 0.15) is 26.2 Å². The third-order valence-corrected chi connectivity index (χ3v) is 4.56. The van der Waals surface area contributed by atoms with E-state index in [-0.39, 0.29) is 11.8 Å².